The van der Waals surface area contributed by atoms with E-state index in [1.165, 1.54) is 11.6 Å². The maximum absolute atomic E-state index is 12.4. The van der Waals surface area contributed by atoms with Crippen molar-refractivity contribution in [2.24, 2.45) is 0 Å². The van der Waals surface area contributed by atoms with Crippen molar-refractivity contribution in [3.63, 3.8) is 0 Å². The van der Waals surface area contributed by atoms with Crippen molar-refractivity contribution in [2.45, 2.75) is 13.5 Å². The predicted molar refractivity (Wildman–Crippen MR) is 84.8 cm³/mol. The first kappa shape index (κ1) is 15.2. The van der Waals surface area contributed by atoms with Crippen LogP contribution in [0.1, 0.15) is 6.92 Å². The van der Waals surface area contributed by atoms with Gasteiger partial charge in [-0.3, -0.25) is 14.4 Å². The Balaban J connectivity index is 1.73. The minimum atomic E-state index is -0.265. The molecular formula is C16H18N4O3. The van der Waals surface area contributed by atoms with E-state index in [0.717, 1.165) is 5.39 Å². The van der Waals surface area contributed by atoms with E-state index in [1.807, 2.05) is 12.1 Å². The zero-order chi connectivity index (χ0) is 16.4. The van der Waals surface area contributed by atoms with E-state index in [0.29, 0.717) is 31.6 Å². The number of carbonyl (C=O) groups excluding carboxylic acids is 2. The summed E-state index contributed by atoms with van der Waals surface area (Å²) in [7, 11) is 0. The fourth-order valence-electron chi connectivity index (χ4n) is 2.74. The Bertz CT molecular complexity index is 806. The quantitative estimate of drug-likeness (QED) is 0.787. The van der Waals surface area contributed by atoms with Crippen molar-refractivity contribution in [3.05, 3.63) is 40.8 Å². The molecule has 7 nitrogen and oxygen atoms in total. The molecule has 2 aromatic rings. The summed E-state index contributed by atoms with van der Waals surface area (Å²) < 4.78 is 1.20. The molecule has 0 atom stereocenters. The first-order valence-electron chi connectivity index (χ1n) is 7.54. The van der Waals surface area contributed by atoms with Gasteiger partial charge in [-0.15, -0.1) is 0 Å². The minimum absolute atomic E-state index is 0.0181. The monoisotopic (exact) mass is 314 g/mol. The van der Waals surface area contributed by atoms with E-state index in [1.54, 1.807) is 28.1 Å². The highest BCUT2D eigenvalue weighted by molar-refractivity contribution is 5.81. The molecule has 1 aliphatic heterocycles. The number of aromatic nitrogens is 2. The van der Waals surface area contributed by atoms with E-state index in [9.17, 15) is 14.4 Å². The predicted octanol–water partition coefficient (Wildman–Crippen LogP) is 0.0872. The fraction of sp³-hybridized carbons (Fsp3) is 0.375. The van der Waals surface area contributed by atoms with Crippen LogP contribution in [0.15, 0.2) is 35.3 Å². The van der Waals surface area contributed by atoms with Crippen LogP contribution in [0, 0.1) is 0 Å². The van der Waals surface area contributed by atoms with Gasteiger partial charge in [-0.25, -0.2) is 4.68 Å². The molecule has 1 aromatic heterocycles. The lowest BCUT2D eigenvalue weighted by molar-refractivity contribution is -0.139. The van der Waals surface area contributed by atoms with Crippen LogP contribution >= 0.6 is 0 Å². The number of fused-ring (bicyclic) bond motifs is 1. The smallest absolute Gasteiger partial charge is 0.275 e. The molecule has 23 heavy (non-hydrogen) atoms. The van der Waals surface area contributed by atoms with Gasteiger partial charge in [0.2, 0.25) is 11.8 Å². The van der Waals surface area contributed by atoms with E-state index in [2.05, 4.69) is 5.10 Å². The molecule has 1 aliphatic rings. The van der Waals surface area contributed by atoms with Crippen LogP contribution in [0.2, 0.25) is 0 Å². The summed E-state index contributed by atoms with van der Waals surface area (Å²) in [4.78, 5) is 39.4. The lowest BCUT2D eigenvalue weighted by atomic mass is 10.2. The van der Waals surface area contributed by atoms with Gasteiger partial charge in [-0.2, -0.15) is 5.10 Å². The third-order valence-electron chi connectivity index (χ3n) is 4.12. The number of hydrogen-bond acceptors (Lipinski definition) is 4. The van der Waals surface area contributed by atoms with Gasteiger partial charge < -0.3 is 9.80 Å². The Labute approximate surface area is 133 Å². The van der Waals surface area contributed by atoms with Crippen molar-refractivity contribution in [1.29, 1.82) is 0 Å². The second-order valence-electron chi connectivity index (χ2n) is 5.58. The second-order valence-corrected chi connectivity index (χ2v) is 5.58. The highest BCUT2D eigenvalue weighted by Gasteiger charge is 2.23. The number of carbonyl (C=O) groups is 2. The molecule has 7 heteroatoms. The molecule has 0 unspecified atom stereocenters. The molecule has 0 saturated carbocycles. The average Bonchev–Trinajstić information content (AvgIpc) is 2.57. The Morgan fingerprint density at radius 2 is 1.74 bits per heavy atom. The molecule has 0 aliphatic carbocycles. The molecule has 120 valence electrons. The summed E-state index contributed by atoms with van der Waals surface area (Å²) >= 11 is 0. The second kappa shape index (κ2) is 6.20. The molecule has 2 heterocycles. The van der Waals surface area contributed by atoms with Crippen LogP contribution < -0.4 is 5.56 Å². The zero-order valence-corrected chi connectivity index (χ0v) is 12.9. The normalized spacial score (nSPS) is 15.0. The van der Waals surface area contributed by atoms with Gasteiger partial charge in [-0.1, -0.05) is 18.2 Å². The third-order valence-corrected chi connectivity index (χ3v) is 4.12. The van der Waals surface area contributed by atoms with Crippen molar-refractivity contribution in [1.82, 2.24) is 19.6 Å². The number of benzene rings is 1. The maximum atomic E-state index is 12.4. The Morgan fingerprint density at radius 3 is 2.43 bits per heavy atom. The average molecular weight is 314 g/mol. The SMILES string of the molecule is CC(=O)N1CCN(C(=O)Cn2ncc3ccccc3c2=O)CC1. The van der Waals surface area contributed by atoms with Gasteiger partial charge >= 0.3 is 0 Å². The molecule has 2 amide bonds. The Morgan fingerprint density at radius 1 is 1.09 bits per heavy atom. The third kappa shape index (κ3) is 3.08. The minimum Gasteiger partial charge on any atom is -0.339 e. The molecule has 3 rings (SSSR count). The summed E-state index contributed by atoms with van der Waals surface area (Å²) in [5.74, 6) is -0.136. The number of amides is 2. The van der Waals surface area contributed by atoms with E-state index in [4.69, 9.17) is 0 Å². The van der Waals surface area contributed by atoms with Crippen molar-refractivity contribution >= 4 is 22.6 Å². The van der Waals surface area contributed by atoms with Crippen LogP contribution in [0.25, 0.3) is 10.8 Å². The highest BCUT2D eigenvalue weighted by Crippen LogP contribution is 2.07. The number of piperazine rings is 1. The van der Waals surface area contributed by atoms with Gasteiger partial charge in [0.15, 0.2) is 0 Å². The first-order chi connectivity index (χ1) is 11.1. The van der Waals surface area contributed by atoms with Crippen LogP contribution in [0.5, 0.6) is 0 Å². The van der Waals surface area contributed by atoms with Gasteiger partial charge in [0.1, 0.15) is 6.54 Å². The molecular weight excluding hydrogens is 296 g/mol. The number of nitrogens with zero attached hydrogens (tertiary/aromatic N) is 4. The van der Waals surface area contributed by atoms with Crippen molar-refractivity contribution < 1.29 is 9.59 Å². The molecule has 0 N–H and O–H groups in total. The van der Waals surface area contributed by atoms with Crippen molar-refractivity contribution in [2.75, 3.05) is 26.2 Å². The standard InChI is InChI=1S/C16H18N4O3/c1-12(21)18-6-8-19(9-7-18)15(22)11-20-16(23)14-5-3-2-4-13(14)10-17-20/h2-5,10H,6-9,11H2,1H3. The summed E-state index contributed by atoms with van der Waals surface area (Å²) in [6, 6.07) is 7.17. The Hall–Kier alpha value is -2.70. The lowest BCUT2D eigenvalue weighted by Crippen LogP contribution is -2.51. The van der Waals surface area contributed by atoms with E-state index in [-0.39, 0.29) is 23.9 Å². The van der Waals surface area contributed by atoms with E-state index >= 15 is 0 Å². The molecule has 1 aromatic carbocycles. The lowest BCUT2D eigenvalue weighted by Gasteiger charge is -2.34. The van der Waals surface area contributed by atoms with Crippen LogP contribution in [0.4, 0.5) is 0 Å². The summed E-state index contributed by atoms with van der Waals surface area (Å²) in [6.07, 6.45) is 1.59. The first-order valence-corrected chi connectivity index (χ1v) is 7.54. The van der Waals surface area contributed by atoms with Crippen LogP contribution in [-0.2, 0) is 16.1 Å². The maximum Gasteiger partial charge on any atom is 0.275 e. The van der Waals surface area contributed by atoms with E-state index < -0.39 is 0 Å². The van der Waals surface area contributed by atoms with Gasteiger partial charge in [0, 0.05) is 38.5 Å². The number of rotatable bonds is 2. The fourth-order valence-corrected chi connectivity index (χ4v) is 2.74. The van der Waals surface area contributed by atoms with Crippen LogP contribution in [0.3, 0.4) is 0 Å². The molecule has 1 saturated heterocycles. The zero-order valence-electron chi connectivity index (χ0n) is 12.9. The largest absolute Gasteiger partial charge is 0.339 e. The molecule has 0 bridgehead atoms. The van der Waals surface area contributed by atoms with Crippen LogP contribution in [-0.4, -0.2) is 57.6 Å². The Kier molecular flexibility index (Phi) is 4.10. The summed E-state index contributed by atoms with van der Waals surface area (Å²) in [6.45, 7) is 3.48. The number of hydrogen-bond donors (Lipinski definition) is 0. The molecule has 0 spiro atoms. The molecule has 1 fully saturated rings. The highest BCUT2D eigenvalue weighted by atomic mass is 16.2. The molecule has 0 radical (unpaired) electrons. The summed E-state index contributed by atoms with van der Waals surface area (Å²) in [5, 5.41) is 5.39. The van der Waals surface area contributed by atoms with Gasteiger partial charge in [-0.05, 0) is 6.07 Å². The summed E-state index contributed by atoms with van der Waals surface area (Å²) in [5.41, 5.74) is -0.265. The van der Waals surface area contributed by atoms with Crippen molar-refractivity contribution in [3.8, 4) is 0 Å². The van der Waals surface area contributed by atoms with Gasteiger partial charge in [0.05, 0.1) is 11.6 Å². The van der Waals surface area contributed by atoms with Gasteiger partial charge in [0.25, 0.3) is 5.56 Å². The topological polar surface area (TPSA) is 75.5 Å².